The highest BCUT2D eigenvalue weighted by molar-refractivity contribution is 5.95. The van der Waals surface area contributed by atoms with E-state index in [4.69, 9.17) is 4.74 Å². The molecule has 0 aliphatic heterocycles. The summed E-state index contributed by atoms with van der Waals surface area (Å²) < 4.78 is 9.55. The van der Waals surface area contributed by atoms with Crippen molar-refractivity contribution in [2.75, 3.05) is 7.11 Å². The number of allylic oxidation sites excluding steroid dienone is 2. The molecule has 1 atom stereocenters. The molecule has 0 saturated heterocycles. The molecule has 130 valence electrons. The third kappa shape index (κ3) is 12.1. The fourth-order valence-electron chi connectivity index (χ4n) is 1.50. The average molecular weight is 325 g/mol. The van der Waals surface area contributed by atoms with Crippen LogP contribution in [0.2, 0.25) is 0 Å². The molecule has 0 aliphatic carbocycles. The third-order valence-corrected chi connectivity index (χ3v) is 2.64. The zero-order valence-electron chi connectivity index (χ0n) is 14.5. The predicted octanol–water partition coefficient (Wildman–Crippen LogP) is 2.92. The van der Waals surface area contributed by atoms with E-state index in [0.717, 1.165) is 12.8 Å². The van der Waals surface area contributed by atoms with Gasteiger partial charge in [-0.1, -0.05) is 12.2 Å². The van der Waals surface area contributed by atoms with Gasteiger partial charge in [-0.15, -0.1) is 0 Å². The molecule has 1 N–H and O–H groups in total. The summed E-state index contributed by atoms with van der Waals surface area (Å²) in [5, 5.41) is 2.49. The molecule has 0 aromatic rings. The first-order chi connectivity index (χ1) is 10.7. The number of hydrogen-bond donors (Lipinski definition) is 1. The molecule has 0 bridgehead atoms. The van der Waals surface area contributed by atoms with Gasteiger partial charge in [-0.2, -0.15) is 0 Å². The Bertz CT molecular complexity index is 460. The Kier molecular flexibility index (Phi) is 9.62. The zero-order valence-corrected chi connectivity index (χ0v) is 14.5. The van der Waals surface area contributed by atoms with Crippen LogP contribution in [0.4, 0.5) is 4.79 Å². The number of rotatable bonds is 8. The molecule has 0 aromatic carbocycles. The summed E-state index contributed by atoms with van der Waals surface area (Å²) in [6.45, 7) is 6.88. The molecule has 0 heterocycles. The molecule has 6 nitrogen and oxygen atoms in total. The second kappa shape index (κ2) is 10.6. The fourth-order valence-corrected chi connectivity index (χ4v) is 1.50. The molecule has 0 aromatic heterocycles. The van der Waals surface area contributed by atoms with Crippen LogP contribution in [0, 0.1) is 0 Å². The number of hydrogen-bond acceptors (Lipinski definition) is 5. The van der Waals surface area contributed by atoms with Crippen LogP contribution in [-0.4, -0.2) is 36.6 Å². The quantitative estimate of drug-likeness (QED) is 0.421. The van der Waals surface area contributed by atoms with Gasteiger partial charge in [0.1, 0.15) is 5.60 Å². The summed E-state index contributed by atoms with van der Waals surface area (Å²) in [5.74, 6) is -0.571. The van der Waals surface area contributed by atoms with E-state index in [1.807, 2.05) is 0 Å². The lowest BCUT2D eigenvalue weighted by molar-refractivity contribution is -0.134. The van der Waals surface area contributed by atoms with Crippen LogP contribution in [0.25, 0.3) is 0 Å². The van der Waals surface area contributed by atoms with E-state index < -0.39 is 17.7 Å². The van der Waals surface area contributed by atoms with Crippen molar-refractivity contribution in [2.24, 2.45) is 0 Å². The number of nitrogens with one attached hydrogen (secondary N) is 1. The molecule has 0 aliphatic rings. The monoisotopic (exact) mass is 325 g/mol. The summed E-state index contributed by atoms with van der Waals surface area (Å²) in [7, 11) is 1.33. The molecule has 6 heteroatoms. The van der Waals surface area contributed by atoms with Crippen LogP contribution in [0.5, 0.6) is 0 Å². The predicted molar refractivity (Wildman–Crippen MR) is 88.0 cm³/mol. The van der Waals surface area contributed by atoms with Gasteiger partial charge in [-0.05, 0) is 53.0 Å². The normalized spacial score (nSPS) is 13.1. The minimum atomic E-state index is -0.639. The van der Waals surface area contributed by atoms with Crippen LogP contribution in [-0.2, 0) is 19.1 Å². The van der Waals surface area contributed by atoms with Gasteiger partial charge >= 0.3 is 12.1 Å². The van der Waals surface area contributed by atoms with Crippen molar-refractivity contribution in [3.8, 4) is 0 Å². The molecule has 0 unspecified atom stereocenters. The van der Waals surface area contributed by atoms with Gasteiger partial charge in [0.2, 0.25) is 0 Å². The van der Waals surface area contributed by atoms with E-state index in [1.54, 1.807) is 39.8 Å². The first-order valence-electron chi connectivity index (χ1n) is 7.60. The summed E-state index contributed by atoms with van der Waals surface area (Å²) in [6.07, 6.45) is 7.93. The van der Waals surface area contributed by atoms with Crippen LogP contribution in [0.15, 0.2) is 24.3 Å². The van der Waals surface area contributed by atoms with Crippen molar-refractivity contribution in [2.45, 2.75) is 58.6 Å². The maximum atomic E-state index is 11.8. The SMILES string of the molecule is COC(=O)/C=C/CCC/C=C/C(=O)[C@H](C)NC(=O)OC(C)(C)C. The first-order valence-corrected chi connectivity index (χ1v) is 7.60. The average Bonchev–Trinajstić information content (AvgIpc) is 2.43. The molecular formula is C17H27NO5. The lowest BCUT2D eigenvalue weighted by atomic mass is 10.1. The Morgan fingerprint density at radius 2 is 1.65 bits per heavy atom. The maximum Gasteiger partial charge on any atom is 0.408 e. The number of esters is 1. The van der Waals surface area contributed by atoms with Gasteiger partial charge in [-0.3, -0.25) is 4.79 Å². The number of unbranched alkanes of at least 4 members (excludes halogenated alkanes) is 2. The second-order valence-corrected chi connectivity index (χ2v) is 6.03. The summed E-state index contributed by atoms with van der Waals surface area (Å²) in [4.78, 5) is 34.2. The van der Waals surface area contributed by atoms with E-state index in [1.165, 1.54) is 19.3 Å². The largest absolute Gasteiger partial charge is 0.466 e. The standard InChI is InChI=1S/C17H27NO5/c1-13(18-16(21)23-17(2,3)4)14(19)11-9-7-6-8-10-12-15(20)22-5/h9-13H,6-8H2,1-5H3,(H,18,21)/b11-9+,12-10+/t13-/m0/s1. The minimum Gasteiger partial charge on any atom is -0.466 e. The lowest BCUT2D eigenvalue weighted by Crippen LogP contribution is -2.41. The Morgan fingerprint density at radius 1 is 1.09 bits per heavy atom. The van der Waals surface area contributed by atoms with Crippen LogP contribution in [0.1, 0.15) is 47.0 Å². The Balaban J connectivity index is 4.01. The second-order valence-electron chi connectivity index (χ2n) is 6.03. The molecule has 0 saturated carbocycles. The van der Waals surface area contributed by atoms with E-state index in [0.29, 0.717) is 6.42 Å². The van der Waals surface area contributed by atoms with Gasteiger partial charge in [-0.25, -0.2) is 9.59 Å². The molecular weight excluding hydrogens is 298 g/mol. The zero-order chi connectivity index (χ0) is 17.9. The van der Waals surface area contributed by atoms with Gasteiger partial charge in [0.05, 0.1) is 13.2 Å². The molecule has 0 spiro atoms. The van der Waals surface area contributed by atoms with Gasteiger partial charge in [0, 0.05) is 6.08 Å². The molecule has 23 heavy (non-hydrogen) atoms. The van der Waals surface area contributed by atoms with E-state index in [9.17, 15) is 14.4 Å². The summed E-state index contributed by atoms with van der Waals surface area (Å²) in [6, 6.07) is -0.639. The van der Waals surface area contributed by atoms with Gasteiger partial charge in [0.25, 0.3) is 0 Å². The van der Waals surface area contributed by atoms with E-state index in [-0.39, 0.29) is 11.8 Å². The fraction of sp³-hybridized carbons (Fsp3) is 0.588. The highest BCUT2D eigenvalue weighted by Gasteiger charge is 2.19. The van der Waals surface area contributed by atoms with Crippen molar-refractivity contribution in [3.05, 3.63) is 24.3 Å². The van der Waals surface area contributed by atoms with Crippen molar-refractivity contribution in [1.29, 1.82) is 0 Å². The van der Waals surface area contributed by atoms with Crippen LogP contribution in [0.3, 0.4) is 0 Å². The van der Waals surface area contributed by atoms with Crippen LogP contribution < -0.4 is 5.32 Å². The van der Waals surface area contributed by atoms with Gasteiger partial charge < -0.3 is 14.8 Å². The Morgan fingerprint density at radius 3 is 2.17 bits per heavy atom. The van der Waals surface area contributed by atoms with Crippen molar-refractivity contribution >= 4 is 17.8 Å². The minimum absolute atomic E-state index is 0.194. The Labute approximate surface area is 137 Å². The molecule has 1 amide bonds. The summed E-state index contributed by atoms with van der Waals surface area (Å²) in [5.41, 5.74) is -0.597. The smallest absolute Gasteiger partial charge is 0.408 e. The highest BCUT2D eigenvalue weighted by Crippen LogP contribution is 2.07. The maximum absolute atomic E-state index is 11.8. The van der Waals surface area contributed by atoms with Crippen molar-refractivity contribution < 1.29 is 23.9 Å². The number of ether oxygens (including phenoxy) is 2. The summed E-state index contributed by atoms with van der Waals surface area (Å²) >= 11 is 0. The van der Waals surface area contributed by atoms with E-state index >= 15 is 0 Å². The lowest BCUT2D eigenvalue weighted by Gasteiger charge is -2.21. The van der Waals surface area contributed by atoms with E-state index in [2.05, 4.69) is 10.1 Å². The number of methoxy groups -OCH3 is 1. The first kappa shape index (κ1) is 20.9. The van der Waals surface area contributed by atoms with Crippen LogP contribution >= 0.6 is 0 Å². The topological polar surface area (TPSA) is 81.7 Å². The molecule has 0 radical (unpaired) electrons. The van der Waals surface area contributed by atoms with Gasteiger partial charge in [0.15, 0.2) is 5.78 Å². The Hall–Kier alpha value is -2.11. The highest BCUT2D eigenvalue weighted by atomic mass is 16.6. The number of ketones is 1. The number of amides is 1. The van der Waals surface area contributed by atoms with Crippen molar-refractivity contribution in [1.82, 2.24) is 5.32 Å². The third-order valence-electron chi connectivity index (χ3n) is 2.64. The number of alkyl carbamates (subject to hydrolysis) is 1. The molecule has 0 rings (SSSR count). The molecule has 0 fully saturated rings. The number of carbonyl (C=O) groups excluding carboxylic acids is 3. The van der Waals surface area contributed by atoms with Crippen molar-refractivity contribution in [3.63, 3.8) is 0 Å². The number of carbonyl (C=O) groups is 3.